The van der Waals surface area contributed by atoms with Gasteiger partial charge in [0.05, 0.1) is 10.9 Å². The summed E-state index contributed by atoms with van der Waals surface area (Å²) < 4.78 is 0. The lowest BCUT2D eigenvalue weighted by Gasteiger charge is -2.08. The average Bonchev–Trinajstić information content (AvgIpc) is 2.48. The third kappa shape index (κ3) is 2.25. The lowest BCUT2D eigenvalue weighted by molar-refractivity contribution is 0.960. The molecule has 4 heteroatoms. The molecule has 0 unspecified atom stereocenters. The van der Waals surface area contributed by atoms with Gasteiger partial charge in [-0.1, -0.05) is 48.4 Å². The molecule has 100 valence electrons. The largest absolute Gasteiger partial charge is 0.243 e. The van der Waals surface area contributed by atoms with Crippen LogP contribution in [0.25, 0.3) is 22.0 Å². The van der Waals surface area contributed by atoms with Crippen molar-refractivity contribution in [2.24, 2.45) is 0 Å². The van der Waals surface area contributed by atoms with Gasteiger partial charge < -0.3 is 0 Å². The normalized spacial score (nSPS) is 10.9. The number of rotatable bonds is 2. The summed E-state index contributed by atoms with van der Waals surface area (Å²) >= 11 is 6.15. The van der Waals surface area contributed by atoms with Crippen molar-refractivity contribution in [3.63, 3.8) is 0 Å². The highest BCUT2D eigenvalue weighted by molar-refractivity contribution is 6.34. The fourth-order valence-electron chi connectivity index (χ4n) is 2.14. The lowest BCUT2D eigenvalue weighted by Crippen LogP contribution is -1.96. The molecule has 0 saturated heterocycles. The van der Waals surface area contributed by atoms with Gasteiger partial charge in [-0.25, -0.2) is 15.0 Å². The van der Waals surface area contributed by atoms with E-state index in [0.29, 0.717) is 5.15 Å². The van der Waals surface area contributed by atoms with Crippen molar-refractivity contribution >= 4 is 22.5 Å². The van der Waals surface area contributed by atoms with Gasteiger partial charge >= 0.3 is 0 Å². The maximum atomic E-state index is 6.15. The first kappa shape index (κ1) is 13.0. The van der Waals surface area contributed by atoms with Gasteiger partial charge in [0.15, 0.2) is 0 Å². The number of halogens is 1. The quantitative estimate of drug-likeness (QED) is 0.661. The predicted octanol–water partition coefficient (Wildman–Crippen LogP) is 4.22. The van der Waals surface area contributed by atoms with E-state index in [1.165, 1.54) is 5.56 Å². The summed E-state index contributed by atoms with van der Waals surface area (Å²) in [6, 6.07) is 8.32. The van der Waals surface area contributed by atoms with Crippen molar-refractivity contribution in [1.29, 1.82) is 0 Å². The van der Waals surface area contributed by atoms with Crippen LogP contribution in [0, 0.1) is 6.92 Å². The lowest BCUT2D eigenvalue weighted by atomic mass is 10.0. The zero-order valence-electron chi connectivity index (χ0n) is 11.4. The molecule has 0 bridgehead atoms. The first-order valence-electron chi connectivity index (χ1n) is 6.56. The van der Waals surface area contributed by atoms with Crippen LogP contribution in [-0.4, -0.2) is 15.0 Å². The molecular formula is C16H14ClN3. The second-order valence-electron chi connectivity index (χ2n) is 4.73. The molecule has 2 aromatic heterocycles. The summed E-state index contributed by atoms with van der Waals surface area (Å²) in [5.41, 5.74) is 4.16. The van der Waals surface area contributed by atoms with Crippen LogP contribution in [0.5, 0.6) is 0 Å². The van der Waals surface area contributed by atoms with Crippen LogP contribution in [0.3, 0.4) is 0 Å². The Hall–Kier alpha value is -2.00. The van der Waals surface area contributed by atoms with Gasteiger partial charge in [-0.15, -0.1) is 0 Å². The van der Waals surface area contributed by atoms with Crippen molar-refractivity contribution in [1.82, 2.24) is 15.0 Å². The zero-order valence-corrected chi connectivity index (χ0v) is 12.1. The van der Waals surface area contributed by atoms with Crippen LogP contribution in [0.15, 0.2) is 36.7 Å². The Labute approximate surface area is 122 Å². The van der Waals surface area contributed by atoms with Crippen molar-refractivity contribution < 1.29 is 0 Å². The zero-order chi connectivity index (χ0) is 14.1. The molecule has 0 aliphatic heterocycles. The Bertz CT molecular complexity index is 767. The van der Waals surface area contributed by atoms with E-state index in [9.17, 15) is 0 Å². The Morgan fingerprint density at radius 1 is 1.05 bits per heavy atom. The summed E-state index contributed by atoms with van der Waals surface area (Å²) in [4.78, 5) is 13.2. The third-order valence-corrected chi connectivity index (χ3v) is 3.60. The summed E-state index contributed by atoms with van der Waals surface area (Å²) in [7, 11) is 0. The van der Waals surface area contributed by atoms with E-state index in [4.69, 9.17) is 11.6 Å². The minimum absolute atomic E-state index is 0.443. The van der Waals surface area contributed by atoms with Gasteiger partial charge in [-0.05, 0) is 12.5 Å². The van der Waals surface area contributed by atoms with E-state index >= 15 is 0 Å². The maximum Gasteiger partial charge on any atom is 0.139 e. The van der Waals surface area contributed by atoms with Gasteiger partial charge in [-0.3, -0.25) is 0 Å². The number of fused-ring (bicyclic) bond motifs is 1. The fourth-order valence-corrected chi connectivity index (χ4v) is 2.33. The van der Waals surface area contributed by atoms with E-state index in [0.717, 1.165) is 34.3 Å². The Morgan fingerprint density at radius 2 is 1.80 bits per heavy atom. The smallest absolute Gasteiger partial charge is 0.139 e. The first-order chi connectivity index (χ1) is 9.69. The number of aryl methyl sites for hydroxylation is 2. The molecule has 3 nitrogen and oxygen atoms in total. The molecule has 20 heavy (non-hydrogen) atoms. The van der Waals surface area contributed by atoms with E-state index in [-0.39, 0.29) is 0 Å². The highest BCUT2D eigenvalue weighted by Gasteiger charge is 2.10. The maximum absolute atomic E-state index is 6.15. The molecule has 0 aliphatic carbocycles. The van der Waals surface area contributed by atoms with Crippen LogP contribution in [0.1, 0.15) is 18.3 Å². The van der Waals surface area contributed by atoms with Crippen LogP contribution in [0.2, 0.25) is 5.15 Å². The molecular weight excluding hydrogens is 270 g/mol. The number of aromatic nitrogens is 3. The molecule has 0 radical (unpaired) electrons. The Balaban J connectivity index is 2.29. The van der Waals surface area contributed by atoms with Crippen molar-refractivity contribution in [3.8, 4) is 11.1 Å². The number of pyridine rings is 1. The predicted molar refractivity (Wildman–Crippen MR) is 81.9 cm³/mol. The number of hydrogen-bond donors (Lipinski definition) is 0. The molecule has 0 aliphatic rings. The summed E-state index contributed by atoms with van der Waals surface area (Å²) in [5.74, 6) is 0.813. The summed E-state index contributed by atoms with van der Waals surface area (Å²) in [6.07, 6.45) is 4.33. The second-order valence-corrected chi connectivity index (χ2v) is 5.09. The molecule has 0 atom stereocenters. The molecule has 3 rings (SSSR count). The van der Waals surface area contributed by atoms with Gasteiger partial charge in [-0.2, -0.15) is 0 Å². The van der Waals surface area contributed by atoms with Crippen LogP contribution in [0.4, 0.5) is 0 Å². The summed E-state index contributed by atoms with van der Waals surface area (Å²) in [6.45, 7) is 4.11. The molecule has 1 aromatic carbocycles. The Kier molecular flexibility index (Phi) is 3.36. The molecule has 0 fully saturated rings. The summed E-state index contributed by atoms with van der Waals surface area (Å²) in [5, 5.41) is 1.24. The Morgan fingerprint density at radius 3 is 2.50 bits per heavy atom. The fraction of sp³-hybridized carbons (Fsp3) is 0.188. The van der Waals surface area contributed by atoms with Gasteiger partial charge in [0.1, 0.15) is 11.0 Å². The van der Waals surface area contributed by atoms with Crippen molar-refractivity contribution in [2.75, 3.05) is 0 Å². The number of benzene rings is 1. The molecule has 0 N–H and O–H groups in total. The van der Waals surface area contributed by atoms with Gasteiger partial charge in [0.2, 0.25) is 0 Å². The van der Waals surface area contributed by atoms with E-state index in [1.807, 2.05) is 6.92 Å². The van der Waals surface area contributed by atoms with Crippen LogP contribution in [-0.2, 0) is 6.42 Å². The third-order valence-electron chi connectivity index (χ3n) is 3.30. The highest BCUT2D eigenvalue weighted by atomic mass is 35.5. The minimum atomic E-state index is 0.443. The van der Waals surface area contributed by atoms with E-state index in [2.05, 4.69) is 46.1 Å². The average molecular weight is 284 g/mol. The molecule has 0 amide bonds. The number of nitrogens with zero attached hydrogens (tertiary/aromatic N) is 3. The van der Waals surface area contributed by atoms with Crippen LogP contribution >= 0.6 is 11.6 Å². The van der Waals surface area contributed by atoms with Gasteiger partial charge in [0, 0.05) is 24.4 Å². The van der Waals surface area contributed by atoms with E-state index < -0.39 is 0 Å². The van der Waals surface area contributed by atoms with Crippen LogP contribution < -0.4 is 0 Å². The van der Waals surface area contributed by atoms with Crippen molar-refractivity contribution in [3.05, 3.63) is 53.2 Å². The second kappa shape index (κ2) is 5.17. The molecule has 2 heterocycles. The minimum Gasteiger partial charge on any atom is -0.243 e. The SMILES string of the molecule is CCc1ncc2c(Cl)ncc(-c3ccc(C)cc3)c2n1. The molecule has 0 saturated carbocycles. The van der Waals surface area contributed by atoms with Crippen molar-refractivity contribution in [2.45, 2.75) is 20.3 Å². The first-order valence-corrected chi connectivity index (χ1v) is 6.94. The highest BCUT2D eigenvalue weighted by Crippen LogP contribution is 2.29. The molecule has 0 spiro atoms. The van der Waals surface area contributed by atoms with Gasteiger partial charge in [0.25, 0.3) is 0 Å². The van der Waals surface area contributed by atoms with E-state index in [1.54, 1.807) is 12.4 Å². The monoisotopic (exact) mass is 283 g/mol. The standard InChI is InChI=1S/C16H14ClN3/c1-3-14-18-9-13-15(20-14)12(8-19-16(13)17)11-6-4-10(2)5-7-11/h4-9H,3H2,1-2H3. The molecule has 3 aromatic rings. The number of hydrogen-bond acceptors (Lipinski definition) is 3. The topological polar surface area (TPSA) is 38.7 Å².